The molecule has 8 heteroatoms. The van der Waals surface area contributed by atoms with Gasteiger partial charge in [0.25, 0.3) is 5.91 Å². The Hall–Kier alpha value is -2.90. The van der Waals surface area contributed by atoms with Gasteiger partial charge in [0.1, 0.15) is 12.1 Å². The molecule has 0 saturated carbocycles. The summed E-state index contributed by atoms with van der Waals surface area (Å²) < 4.78 is 0. The van der Waals surface area contributed by atoms with E-state index < -0.39 is 29.9 Å². The smallest absolute Gasteiger partial charge is 0.325 e. The molecule has 2 N–H and O–H groups in total. The predicted octanol–water partition coefficient (Wildman–Crippen LogP) is -0.416. The number of nitrogens with one attached hydrogen (secondary N) is 2. The molecule has 25 heavy (non-hydrogen) atoms. The lowest BCUT2D eigenvalue weighted by atomic mass is 9.92. The maximum Gasteiger partial charge on any atom is 0.325 e. The lowest BCUT2D eigenvalue weighted by Gasteiger charge is -2.22. The maximum absolute atomic E-state index is 12.9. The third-order valence-corrected chi connectivity index (χ3v) is 4.66. The molecule has 1 aliphatic heterocycles. The highest BCUT2D eigenvalue weighted by atomic mass is 16.2. The van der Waals surface area contributed by atoms with Gasteiger partial charge in [0.2, 0.25) is 11.8 Å². The molecule has 0 radical (unpaired) electrons. The number of likely N-dealkylation sites (N-methyl/N-ethyl adjacent to an activating group) is 1. The second-order valence-electron chi connectivity index (χ2n) is 6.45. The van der Waals surface area contributed by atoms with Crippen molar-refractivity contribution in [1.82, 2.24) is 20.4 Å². The summed E-state index contributed by atoms with van der Waals surface area (Å²) in [6.07, 6.45) is 1.17. The summed E-state index contributed by atoms with van der Waals surface area (Å²) in [5.41, 5.74) is 0.742. The summed E-state index contributed by atoms with van der Waals surface area (Å²) >= 11 is 0. The van der Waals surface area contributed by atoms with Crippen LogP contribution in [0.4, 0.5) is 4.79 Å². The molecule has 1 aliphatic carbocycles. The minimum Gasteiger partial charge on any atom is -0.347 e. The number of benzene rings is 1. The molecule has 0 unspecified atom stereocenters. The van der Waals surface area contributed by atoms with E-state index in [9.17, 15) is 19.2 Å². The first-order valence-corrected chi connectivity index (χ1v) is 8.04. The van der Waals surface area contributed by atoms with Crippen molar-refractivity contribution in [3.63, 3.8) is 0 Å². The SMILES string of the molecule is CN(C)C(=O)CNC(=O)CN1C(=O)N[C@]2(CCc3ccccc32)C1=O. The van der Waals surface area contributed by atoms with Crippen LogP contribution in [0.25, 0.3) is 0 Å². The topological polar surface area (TPSA) is 98.8 Å². The summed E-state index contributed by atoms with van der Waals surface area (Å²) in [4.78, 5) is 50.9. The second kappa shape index (κ2) is 6.19. The quantitative estimate of drug-likeness (QED) is 0.725. The predicted molar refractivity (Wildman–Crippen MR) is 88.4 cm³/mol. The Labute approximate surface area is 145 Å². The van der Waals surface area contributed by atoms with Gasteiger partial charge in [0, 0.05) is 14.1 Å². The molecule has 1 saturated heterocycles. The number of urea groups is 1. The number of fused-ring (bicyclic) bond motifs is 2. The van der Waals surface area contributed by atoms with Gasteiger partial charge in [0.15, 0.2) is 0 Å². The molecule has 1 spiro atoms. The summed E-state index contributed by atoms with van der Waals surface area (Å²) in [7, 11) is 3.15. The summed E-state index contributed by atoms with van der Waals surface area (Å²) in [6, 6.07) is 6.90. The van der Waals surface area contributed by atoms with E-state index in [2.05, 4.69) is 10.6 Å². The van der Waals surface area contributed by atoms with Gasteiger partial charge < -0.3 is 15.5 Å². The van der Waals surface area contributed by atoms with E-state index >= 15 is 0 Å². The lowest BCUT2D eigenvalue weighted by molar-refractivity contribution is -0.135. The third kappa shape index (κ3) is 2.84. The van der Waals surface area contributed by atoms with Crippen LogP contribution in [-0.2, 0) is 26.3 Å². The largest absolute Gasteiger partial charge is 0.347 e. The van der Waals surface area contributed by atoms with Crippen molar-refractivity contribution in [2.45, 2.75) is 18.4 Å². The fraction of sp³-hybridized carbons (Fsp3) is 0.412. The molecule has 1 heterocycles. The Morgan fingerprint density at radius 3 is 2.72 bits per heavy atom. The number of carbonyl (C=O) groups is 4. The molecule has 1 atom stereocenters. The summed E-state index contributed by atoms with van der Waals surface area (Å²) in [5.74, 6) is -1.25. The zero-order valence-corrected chi connectivity index (χ0v) is 14.2. The van der Waals surface area contributed by atoms with Gasteiger partial charge >= 0.3 is 6.03 Å². The van der Waals surface area contributed by atoms with Gasteiger partial charge in [0.05, 0.1) is 6.54 Å². The van der Waals surface area contributed by atoms with Gasteiger partial charge in [-0.1, -0.05) is 24.3 Å². The number of rotatable bonds is 4. The molecule has 2 aliphatic rings. The van der Waals surface area contributed by atoms with Gasteiger partial charge in [-0.25, -0.2) is 4.79 Å². The van der Waals surface area contributed by atoms with Crippen LogP contribution in [0.2, 0.25) is 0 Å². The molecule has 1 aromatic rings. The molecule has 0 bridgehead atoms. The molecule has 3 rings (SSSR count). The summed E-state index contributed by atoms with van der Waals surface area (Å²) in [6.45, 7) is -0.585. The van der Waals surface area contributed by atoms with Crippen molar-refractivity contribution < 1.29 is 19.2 Å². The number of hydrogen-bond donors (Lipinski definition) is 2. The van der Waals surface area contributed by atoms with Crippen LogP contribution in [0.5, 0.6) is 0 Å². The zero-order valence-electron chi connectivity index (χ0n) is 14.2. The Morgan fingerprint density at radius 1 is 1.28 bits per heavy atom. The molecule has 132 valence electrons. The molecule has 5 amide bonds. The maximum atomic E-state index is 12.9. The standard InChI is InChI=1S/C17H20N4O4/c1-20(2)14(23)9-18-13(22)10-21-15(24)17(19-16(21)25)8-7-11-5-3-4-6-12(11)17/h3-6H,7-10H2,1-2H3,(H,18,22)(H,19,25)/t17-/m0/s1. The van der Waals surface area contributed by atoms with Gasteiger partial charge in [-0.15, -0.1) is 0 Å². The highest BCUT2D eigenvalue weighted by Gasteiger charge is 2.55. The average Bonchev–Trinajstić information content (AvgIpc) is 3.06. The van der Waals surface area contributed by atoms with Crippen molar-refractivity contribution >= 4 is 23.8 Å². The van der Waals surface area contributed by atoms with Crippen molar-refractivity contribution in [1.29, 1.82) is 0 Å². The minimum atomic E-state index is -1.08. The van der Waals surface area contributed by atoms with E-state index in [0.717, 1.165) is 16.0 Å². The average molecular weight is 344 g/mol. The number of nitrogens with zero attached hydrogens (tertiary/aromatic N) is 2. The normalized spacial score (nSPS) is 21.3. The van der Waals surface area contributed by atoms with Crippen LogP contribution in [0.3, 0.4) is 0 Å². The van der Waals surface area contributed by atoms with E-state index in [1.54, 1.807) is 14.1 Å². The second-order valence-corrected chi connectivity index (χ2v) is 6.45. The Morgan fingerprint density at radius 2 is 2.00 bits per heavy atom. The molecule has 8 nitrogen and oxygen atoms in total. The van der Waals surface area contributed by atoms with Gasteiger partial charge in [-0.05, 0) is 24.0 Å². The third-order valence-electron chi connectivity index (χ3n) is 4.66. The monoisotopic (exact) mass is 344 g/mol. The molecule has 1 aromatic carbocycles. The number of imide groups is 1. The van der Waals surface area contributed by atoms with Crippen molar-refractivity contribution in [2.24, 2.45) is 0 Å². The zero-order chi connectivity index (χ0) is 18.2. The van der Waals surface area contributed by atoms with Crippen molar-refractivity contribution in [3.8, 4) is 0 Å². The molecule has 1 fully saturated rings. The molecular weight excluding hydrogens is 324 g/mol. The minimum absolute atomic E-state index is 0.177. The van der Waals surface area contributed by atoms with E-state index in [1.807, 2.05) is 24.3 Å². The lowest BCUT2D eigenvalue weighted by Crippen LogP contribution is -2.45. The van der Waals surface area contributed by atoms with E-state index in [1.165, 1.54) is 4.90 Å². The van der Waals surface area contributed by atoms with Crippen LogP contribution in [-0.4, -0.2) is 60.7 Å². The Kier molecular flexibility index (Phi) is 4.20. The first-order chi connectivity index (χ1) is 11.8. The van der Waals surface area contributed by atoms with Crippen LogP contribution in [0.1, 0.15) is 17.5 Å². The number of carbonyl (C=O) groups excluding carboxylic acids is 4. The highest BCUT2D eigenvalue weighted by molar-refractivity contribution is 6.10. The fourth-order valence-electron chi connectivity index (χ4n) is 3.26. The number of hydrogen-bond acceptors (Lipinski definition) is 4. The van der Waals surface area contributed by atoms with Crippen LogP contribution < -0.4 is 10.6 Å². The molecule has 0 aromatic heterocycles. The van der Waals surface area contributed by atoms with E-state index in [0.29, 0.717) is 12.8 Å². The van der Waals surface area contributed by atoms with E-state index in [4.69, 9.17) is 0 Å². The van der Waals surface area contributed by atoms with E-state index in [-0.39, 0.29) is 12.5 Å². The Bertz CT molecular complexity index is 761. The van der Waals surface area contributed by atoms with Gasteiger partial charge in [-0.2, -0.15) is 0 Å². The van der Waals surface area contributed by atoms with Crippen molar-refractivity contribution in [3.05, 3.63) is 35.4 Å². The van der Waals surface area contributed by atoms with Crippen LogP contribution >= 0.6 is 0 Å². The Balaban J connectivity index is 1.71. The first kappa shape index (κ1) is 16.9. The van der Waals surface area contributed by atoms with Crippen molar-refractivity contribution in [2.75, 3.05) is 27.2 Å². The summed E-state index contributed by atoms with van der Waals surface area (Å²) in [5, 5.41) is 5.18. The number of amides is 5. The van der Waals surface area contributed by atoms with Gasteiger partial charge in [-0.3, -0.25) is 19.3 Å². The fourth-order valence-corrected chi connectivity index (χ4v) is 3.26. The first-order valence-electron chi connectivity index (χ1n) is 8.04. The van der Waals surface area contributed by atoms with Crippen LogP contribution in [0, 0.1) is 0 Å². The van der Waals surface area contributed by atoms with Crippen LogP contribution in [0.15, 0.2) is 24.3 Å². The number of aryl methyl sites for hydroxylation is 1. The molecular formula is C17H20N4O4. The highest BCUT2D eigenvalue weighted by Crippen LogP contribution is 2.41.